The third kappa shape index (κ3) is 3.15. The molecule has 102 valence electrons. The summed E-state index contributed by atoms with van der Waals surface area (Å²) in [6.45, 7) is 1.86. The second-order valence-corrected chi connectivity index (χ2v) is 5.60. The lowest BCUT2D eigenvalue weighted by molar-refractivity contribution is 0.0967. The summed E-state index contributed by atoms with van der Waals surface area (Å²) in [5.74, 6) is -0.517. The summed E-state index contributed by atoms with van der Waals surface area (Å²) in [5, 5.41) is 0.443. The summed E-state index contributed by atoms with van der Waals surface area (Å²) in [7, 11) is -0.0468. The van der Waals surface area contributed by atoms with E-state index >= 15 is 0 Å². The fraction of sp³-hybridized carbons (Fsp3) is 0.188. The molecule has 2 rings (SSSR count). The first kappa shape index (κ1) is 14.9. The minimum Gasteiger partial charge on any atom is -0.293 e. The molecule has 0 radical (unpaired) electrons. The van der Waals surface area contributed by atoms with Gasteiger partial charge in [0.15, 0.2) is 14.2 Å². The van der Waals surface area contributed by atoms with E-state index in [0.717, 1.165) is 11.1 Å². The summed E-state index contributed by atoms with van der Waals surface area (Å²) in [5.41, 5.74) is 2.22. The monoisotopic (exact) mass is 304 g/mol. The van der Waals surface area contributed by atoms with Crippen LogP contribution < -0.4 is 0 Å². The van der Waals surface area contributed by atoms with Gasteiger partial charge in [0.2, 0.25) is 0 Å². The Morgan fingerprint density at radius 3 is 2.45 bits per heavy atom. The summed E-state index contributed by atoms with van der Waals surface area (Å²) in [4.78, 5) is 12.7. The van der Waals surface area contributed by atoms with Crippen LogP contribution in [0, 0.1) is 6.92 Å². The van der Waals surface area contributed by atoms with E-state index in [2.05, 4.69) is 0 Å². The second-order valence-electron chi connectivity index (χ2n) is 4.57. The Kier molecular flexibility index (Phi) is 5.05. The lowest BCUT2D eigenvalue weighted by Crippen LogP contribution is -2.16. The average molecular weight is 305 g/mol. The molecule has 1 atom stereocenters. The molecule has 0 N–H and O–H groups in total. The topological polar surface area (TPSA) is 34.1 Å². The fourth-order valence-corrected chi connectivity index (χ4v) is 3.06. The van der Waals surface area contributed by atoms with Crippen LogP contribution in [0.15, 0.2) is 48.5 Å². The predicted molar refractivity (Wildman–Crippen MR) is 82.2 cm³/mol. The number of rotatable bonds is 5. The number of carbonyl (C=O) groups excluding carboxylic acids is 1. The Morgan fingerprint density at radius 2 is 1.85 bits per heavy atom. The van der Waals surface area contributed by atoms with E-state index in [-0.39, 0.29) is 20.4 Å². The Labute approximate surface area is 125 Å². The largest absolute Gasteiger partial charge is 0.293 e. The molecule has 0 bridgehead atoms. The second kappa shape index (κ2) is 6.78. The van der Waals surface area contributed by atoms with Crippen molar-refractivity contribution >= 4 is 25.8 Å². The number of carbonyl (C=O) groups is 1. The van der Waals surface area contributed by atoms with Crippen molar-refractivity contribution in [3.63, 3.8) is 0 Å². The van der Waals surface area contributed by atoms with Crippen LogP contribution in [0.5, 0.6) is 0 Å². The highest BCUT2D eigenvalue weighted by Crippen LogP contribution is 2.29. The first-order chi connectivity index (χ1) is 9.65. The number of hydrogen-bond acceptors (Lipinski definition) is 2. The van der Waals surface area contributed by atoms with Gasteiger partial charge in [0.1, 0.15) is 0 Å². The zero-order chi connectivity index (χ0) is 14.5. The van der Waals surface area contributed by atoms with Crippen molar-refractivity contribution in [3.05, 3.63) is 70.2 Å². The molecule has 0 aliphatic carbocycles. The zero-order valence-electron chi connectivity index (χ0n) is 11.0. The highest BCUT2D eigenvalue weighted by atomic mass is 35.5. The average Bonchev–Trinajstić information content (AvgIpc) is 2.45. The molecule has 2 nitrogen and oxygen atoms in total. The number of halogens is 1. The van der Waals surface area contributed by atoms with Gasteiger partial charge in [0.05, 0.1) is 10.9 Å². The Hall–Kier alpha value is -1.50. The number of hydrogen-bond donors (Lipinski definition) is 0. The molecule has 0 aliphatic rings. The standard InChI is InChI=1S/C16H14ClO2P/c1-11-6-5-9-14(17)15(11)16(18)13(10-20-19)12-7-3-2-4-8-12/h2-9,13H,10H2,1H3. The molecule has 1 unspecified atom stereocenters. The van der Waals surface area contributed by atoms with E-state index in [1.807, 2.05) is 49.4 Å². The first-order valence-corrected chi connectivity index (χ1v) is 7.66. The van der Waals surface area contributed by atoms with E-state index in [4.69, 9.17) is 11.6 Å². The number of ketones is 1. The van der Waals surface area contributed by atoms with Crippen LogP contribution in [0.25, 0.3) is 0 Å². The summed E-state index contributed by atoms with van der Waals surface area (Å²) < 4.78 is 11.0. The van der Waals surface area contributed by atoms with E-state index in [9.17, 15) is 9.36 Å². The maximum Gasteiger partial charge on any atom is 0.172 e. The molecule has 2 aromatic rings. The minimum absolute atomic E-state index is 0.0468. The summed E-state index contributed by atoms with van der Waals surface area (Å²) >= 11 is 6.15. The van der Waals surface area contributed by atoms with Crippen LogP contribution in [-0.2, 0) is 4.57 Å². The molecule has 0 aromatic heterocycles. The smallest absolute Gasteiger partial charge is 0.172 e. The normalized spacial score (nSPS) is 12.3. The highest BCUT2D eigenvalue weighted by molar-refractivity contribution is 7.23. The van der Waals surface area contributed by atoms with Gasteiger partial charge >= 0.3 is 0 Å². The van der Waals surface area contributed by atoms with Gasteiger partial charge in [-0.3, -0.25) is 9.36 Å². The van der Waals surface area contributed by atoms with Crippen LogP contribution in [0.2, 0.25) is 5.02 Å². The van der Waals surface area contributed by atoms with E-state index in [1.54, 1.807) is 6.07 Å². The quantitative estimate of drug-likeness (QED) is 0.581. The van der Waals surface area contributed by atoms with Gasteiger partial charge in [-0.2, -0.15) is 0 Å². The van der Waals surface area contributed by atoms with Crippen molar-refractivity contribution in [3.8, 4) is 0 Å². The van der Waals surface area contributed by atoms with Crippen molar-refractivity contribution in [2.24, 2.45) is 0 Å². The maximum absolute atomic E-state index is 12.7. The number of Topliss-reactive ketones (excluding diaryl/α,β-unsaturated/α-hetero) is 1. The first-order valence-electron chi connectivity index (χ1n) is 6.28. The van der Waals surface area contributed by atoms with Crippen molar-refractivity contribution in [2.75, 3.05) is 6.16 Å². The highest BCUT2D eigenvalue weighted by Gasteiger charge is 2.25. The lowest BCUT2D eigenvalue weighted by Gasteiger charge is -2.15. The van der Waals surface area contributed by atoms with Crippen molar-refractivity contribution in [1.82, 2.24) is 0 Å². The SMILES string of the molecule is Cc1cccc(Cl)c1C(=O)C(CP=O)c1ccccc1. The molecule has 0 fully saturated rings. The van der Waals surface area contributed by atoms with Crippen molar-refractivity contribution < 1.29 is 9.36 Å². The third-order valence-electron chi connectivity index (χ3n) is 3.24. The predicted octanol–water partition coefficient (Wildman–Crippen LogP) is 4.91. The van der Waals surface area contributed by atoms with Gasteiger partial charge < -0.3 is 0 Å². The van der Waals surface area contributed by atoms with Crippen LogP contribution in [0.3, 0.4) is 0 Å². The van der Waals surface area contributed by atoms with Gasteiger partial charge in [-0.25, -0.2) is 0 Å². The van der Waals surface area contributed by atoms with Crippen LogP contribution >= 0.6 is 20.1 Å². The Morgan fingerprint density at radius 1 is 1.15 bits per heavy atom. The molecule has 0 heterocycles. The third-order valence-corrected chi connectivity index (χ3v) is 4.07. The molecular weight excluding hydrogens is 291 g/mol. The molecular formula is C16H14ClO2P. The van der Waals surface area contributed by atoms with Gasteiger partial charge in [-0.1, -0.05) is 54.1 Å². The van der Waals surface area contributed by atoms with Gasteiger partial charge in [-0.05, 0) is 24.1 Å². The Bertz CT molecular complexity index is 605. The van der Waals surface area contributed by atoms with Crippen molar-refractivity contribution in [2.45, 2.75) is 12.8 Å². The molecule has 0 saturated carbocycles. The minimum atomic E-state index is -0.436. The van der Waals surface area contributed by atoms with Crippen molar-refractivity contribution in [1.29, 1.82) is 0 Å². The zero-order valence-corrected chi connectivity index (χ0v) is 12.7. The lowest BCUT2D eigenvalue weighted by atomic mass is 9.90. The van der Waals surface area contributed by atoms with Crippen LogP contribution in [0.1, 0.15) is 27.4 Å². The van der Waals surface area contributed by atoms with Gasteiger partial charge in [-0.15, -0.1) is 0 Å². The molecule has 0 spiro atoms. The maximum atomic E-state index is 12.7. The molecule has 20 heavy (non-hydrogen) atoms. The fourth-order valence-electron chi connectivity index (χ4n) is 2.22. The van der Waals surface area contributed by atoms with Crippen LogP contribution in [0.4, 0.5) is 0 Å². The summed E-state index contributed by atoms with van der Waals surface area (Å²) in [6, 6.07) is 14.8. The molecule has 0 aliphatic heterocycles. The molecule has 2 aromatic carbocycles. The molecule has 4 heteroatoms. The number of aryl methyl sites for hydroxylation is 1. The van der Waals surface area contributed by atoms with E-state index < -0.39 is 5.92 Å². The van der Waals surface area contributed by atoms with Gasteiger partial charge in [0.25, 0.3) is 0 Å². The summed E-state index contributed by atoms with van der Waals surface area (Å²) in [6.07, 6.45) is 0.257. The van der Waals surface area contributed by atoms with Crippen LogP contribution in [-0.4, -0.2) is 11.9 Å². The van der Waals surface area contributed by atoms with E-state index in [0.29, 0.717) is 10.6 Å². The van der Waals surface area contributed by atoms with E-state index in [1.165, 1.54) is 0 Å². The number of benzene rings is 2. The van der Waals surface area contributed by atoms with Gasteiger partial charge in [0, 0.05) is 11.7 Å². The molecule has 0 saturated heterocycles. The Balaban J connectivity index is 2.45. The molecule has 0 amide bonds.